The minimum atomic E-state index is -0.449. The molecule has 0 atom stereocenters. The molecule has 6 heteroatoms. The van der Waals surface area contributed by atoms with Gasteiger partial charge in [0, 0.05) is 23.1 Å². The summed E-state index contributed by atoms with van der Waals surface area (Å²) in [7, 11) is 0. The van der Waals surface area contributed by atoms with Gasteiger partial charge in [0.1, 0.15) is 18.7 Å². The zero-order valence-corrected chi connectivity index (χ0v) is 12.0. The van der Waals surface area contributed by atoms with E-state index in [1.807, 2.05) is 18.2 Å². The van der Waals surface area contributed by atoms with E-state index in [9.17, 15) is 10.1 Å². The van der Waals surface area contributed by atoms with E-state index in [1.165, 1.54) is 18.5 Å². The summed E-state index contributed by atoms with van der Waals surface area (Å²) in [6, 6.07) is 11.9. The van der Waals surface area contributed by atoms with E-state index >= 15 is 0 Å². The van der Waals surface area contributed by atoms with Crippen LogP contribution in [0.1, 0.15) is 0 Å². The number of ether oxygens (including phenoxy) is 1. The van der Waals surface area contributed by atoms with E-state index < -0.39 is 4.92 Å². The normalized spacial score (nSPS) is 10.2. The second kappa shape index (κ2) is 6.12. The average molecular weight is 305 g/mol. The Morgan fingerprint density at radius 3 is 2.87 bits per heavy atom. The molecule has 6 nitrogen and oxygen atoms in total. The van der Waals surface area contributed by atoms with Crippen molar-refractivity contribution in [2.24, 2.45) is 0 Å². The van der Waals surface area contributed by atoms with Crippen molar-refractivity contribution in [2.75, 3.05) is 6.61 Å². The van der Waals surface area contributed by atoms with Gasteiger partial charge >= 0.3 is 0 Å². The van der Waals surface area contributed by atoms with Gasteiger partial charge in [0.25, 0.3) is 5.69 Å². The molecule has 0 amide bonds. The fraction of sp³-hybridized carbons (Fsp3) is 0.0588. The van der Waals surface area contributed by atoms with Gasteiger partial charge in [0.2, 0.25) is 0 Å². The molecule has 0 fully saturated rings. The second-order valence-corrected chi connectivity index (χ2v) is 4.70. The summed E-state index contributed by atoms with van der Waals surface area (Å²) in [4.78, 5) is 18.8. The molecular formula is C17H11N3O3. The number of rotatable bonds is 4. The molecule has 0 spiro atoms. The summed E-state index contributed by atoms with van der Waals surface area (Å²) in [6.45, 7) is 0.181. The Morgan fingerprint density at radius 1 is 1.22 bits per heavy atom. The lowest BCUT2D eigenvalue weighted by Gasteiger charge is -2.07. The first-order chi connectivity index (χ1) is 11.2. The molecule has 0 aliphatic carbocycles. The average Bonchev–Trinajstić information content (AvgIpc) is 2.59. The highest BCUT2D eigenvalue weighted by molar-refractivity contribution is 5.93. The highest BCUT2D eigenvalue weighted by Crippen LogP contribution is 2.29. The van der Waals surface area contributed by atoms with Crippen LogP contribution in [0, 0.1) is 22.5 Å². The van der Waals surface area contributed by atoms with Crippen molar-refractivity contribution in [3.63, 3.8) is 0 Å². The smallest absolute Gasteiger partial charge is 0.271 e. The summed E-state index contributed by atoms with van der Waals surface area (Å²) in [5.41, 5.74) is 2.00. The van der Waals surface area contributed by atoms with Gasteiger partial charge in [-0.25, -0.2) is 9.97 Å². The van der Waals surface area contributed by atoms with Gasteiger partial charge in [0.15, 0.2) is 0 Å². The van der Waals surface area contributed by atoms with Crippen molar-refractivity contribution < 1.29 is 9.66 Å². The molecule has 2 aromatic carbocycles. The van der Waals surface area contributed by atoms with Crippen LogP contribution in [0.15, 0.2) is 48.8 Å². The summed E-state index contributed by atoms with van der Waals surface area (Å²) < 4.78 is 5.41. The van der Waals surface area contributed by atoms with Gasteiger partial charge in [-0.1, -0.05) is 18.1 Å². The number of nitro groups is 1. The molecule has 0 unspecified atom stereocenters. The van der Waals surface area contributed by atoms with Crippen LogP contribution in [0.3, 0.4) is 0 Å². The number of benzene rings is 2. The maximum Gasteiger partial charge on any atom is 0.271 e. The predicted molar refractivity (Wildman–Crippen MR) is 86.0 cm³/mol. The van der Waals surface area contributed by atoms with Crippen LogP contribution in [0.2, 0.25) is 0 Å². The molecule has 23 heavy (non-hydrogen) atoms. The van der Waals surface area contributed by atoms with Crippen LogP contribution >= 0.6 is 0 Å². The molecule has 0 aliphatic heterocycles. The van der Waals surface area contributed by atoms with Gasteiger partial charge < -0.3 is 4.74 Å². The Labute approximate surface area is 131 Å². The van der Waals surface area contributed by atoms with E-state index in [0.29, 0.717) is 17.0 Å². The zero-order chi connectivity index (χ0) is 16.2. The first-order valence-corrected chi connectivity index (χ1v) is 6.75. The Hall–Kier alpha value is -3.46. The van der Waals surface area contributed by atoms with Crippen molar-refractivity contribution >= 4 is 16.6 Å². The molecule has 0 saturated heterocycles. The molecule has 3 rings (SSSR count). The lowest BCUT2D eigenvalue weighted by molar-refractivity contribution is -0.384. The lowest BCUT2D eigenvalue weighted by atomic mass is 10.1. The van der Waals surface area contributed by atoms with E-state index in [-0.39, 0.29) is 12.3 Å². The molecule has 0 N–H and O–H groups in total. The largest absolute Gasteiger partial charge is 0.481 e. The molecule has 0 radical (unpaired) electrons. The van der Waals surface area contributed by atoms with Crippen molar-refractivity contribution in [3.05, 3.63) is 58.9 Å². The number of nitrogens with zero attached hydrogens (tertiary/aromatic N) is 3. The Kier molecular flexibility index (Phi) is 3.85. The zero-order valence-electron chi connectivity index (χ0n) is 12.0. The number of terminal acetylenes is 1. The van der Waals surface area contributed by atoms with E-state index in [0.717, 1.165) is 10.9 Å². The molecule has 0 aliphatic rings. The predicted octanol–water partition coefficient (Wildman–Crippen LogP) is 3.22. The number of fused-ring (bicyclic) bond motifs is 1. The third kappa shape index (κ3) is 2.94. The first kappa shape index (κ1) is 14.5. The SMILES string of the molecule is C#CCOc1cccc(-c2ncnc3cc([N+](=O)[O-])ccc23)c1. The third-order valence-corrected chi connectivity index (χ3v) is 3.26. The van der Waals surface area contributed by atoms with Crippen LogP contribution in [0.25, 0.3) is 22.2 Å². The standard InChI is InChI=1S/C17H11N3O3/c1-2-8-23-14-5-3-4-12(9-14)17-15-7-6-13(20(21)22)10-16(15)18-11-19-17/h1,3-7,9-11H,8H2. The molecule has 0 saturated carbocycles. The quantitative estimate of drug-likeness (QED) is 0.420. The van der Waals surface area contributed by atoms with Gasteiger partial charge in [-0.05, 0) is 18.2 Å². The fourth-order valence-corrected chi connectivity index (χ4v) is 2.25. The van der Waals surface area contributed by atoms with Crippen LogP contribution in [-0.4, -0.2) is 21.5 Å². The van der Waals surface area contributed by atoms with Gasteiger partial charge in [0.05, 0.1) is 16.1 Å². The van der Waals surface area contributed by atoms with Crippen molar-refractivity contribution in [1.29, 1.82) is 0 Å². The Bertz CT molecular complexity index is 932. The number of nitro benzene ring substituents is 1. The maximum atomic E-state index is 10.9. The summed E-state index contributed by atoms with van der Waals surface area (Å²) in [6.07, 6.45) is 6.57. The Morgan fingerprint density at radius 2 is 2.09 bits per heavy atom. The van der Waals surface area contributed by atoms with Crippen molar-refractivity contribution in [1.82, 2.24) is 9.97 Å². The van der Waals surface area contributed by atoms with Crippen molar-refractivity contribution in [2.45, 2.75) is 0 Å². The van der Waals surface area contributed by atoms with Gasteiger partial charge in [-0.2, -0.15) is 0 Å². The number of non-ortho nitro benzene ring substituents is 1. The van der Waals surface area contributed by atoms with Crippen LogP contribution in [-0.2, 0) is 0 Å². The molecule has 112 valence electrons. The van der Waals surface area contributed by atoms with E-state index in [1.54, 1.807) is 12.1 Å². The third-order valence-electron chi connectivity index (χ3n) is 3.26. The lowest BCUT2D eigenvalue weighted by Crippen LogP contribution is -1.95. The van der Waals surface area contributed by atoms with Crippen LogP contribution in [0.4, 0.5) is 5.69 Å². The first-order valence-electron chi connectivity index (χ1n) is 6.75. The molecular weight excluding hydrogens is 294 g/mol. The number of aromatic nitrogens is 2. The fourth-order valence-electron chi connectivity index (χ4n) is 2.25. The highest BCUT2D eigenvalue weighted by Gasteiger charge is 2.11. The molecule has 1 aromatic heterocycles. The minimum Gasteiger partial charge on any atom is -0.481 e. The Balaban J connectivity index is 2.10. The topological polar surface area (TPSA) is 78.2 Å². The molecule has 0 bridgehead atoms. The van der Waals surface area contributed by atoms with Gasteiger partial charge in [-0.15, -0.1) is 6.42 Å². The van der Waals surface area contributed by atoms with Crippen molar-refractivity contribution in [3.8, 4) is 29.4 Å². The van der Waals surface area contributed by atoms with Crippen LogP contribution < -0.4 is 4.74 Å². The second-order valence-electron chi connectivity index (χ2n) is 4.70. The van der Waals surface area contributed by atoms with Gasteiger partial charge in [-0.3, -0.25) is 10.1 Å². The minimum absolute atomic E-state index is 0.00625. The summed E-state index contributed by atoms with van der Waals surface area (Å²) in [5, 5.41) is 11.6. The monoisotopic (exact) mass is 305 g/mol. The number of hydrogen-bond donors (Lipinski definition) is 0. The van der Waals surface area contributed by atoms with E-state index in [4.69, 9.17) is 11.2 Å². The summed E-state index contributed by atoms with van der Waals surface area (Å²) >= 11 is 0. The number of hydrogen-bond acceptors (Lipinski definition) is 5. The van der Waals surface area contributed by atoms with E-state index in [2.05, 4.69) is 15.9 Å². The molecule has 1 heterocycles. The highest BCUT2D eigenvalue weighted by atomic mass is 16.6. The van der Waals surface area contributed by atoms with Crippen LogP contribution in [0.5, 0.6) is 5.75 Å². The summed E-state index contributed by atoms with van der Waals surface area (Å²) in [5.74, 6) is 3.04. The molecule has 3 aromatic rings. The maximum absolute atomic E-state index is 10.9.